The van der Waals surface area contributed by atoms with Gasteiger partial charge in [0.05, 0.1) is 7.11 Å². The molecule has 2 aromatic heterocycles. The summed E-state index contributed by atoms with van der Waals surface area (Å²) < 4.78 is 19.9. The lowest BCUT2D eigenvalue weighted by Gasteiger charge is -2.00. The van der Waals surface area contributed by atoms with Crippen molar-refractivity contribution in [3.8, 4) is 16.3 Å². The van der Waals surface area contributed by atoms with Crippen LogP contribution in [0.25, 0.3) is 15.5 Å². The number of fused-ring (bicyclic) bond motifs is 1. The first-order valence-electron chi connectivity index (χ1n) is 7.33. The van der Waals surface area contributed by atoms with Crippen LogP contribution in [0.4, 0.5) is 4.39 Å². The van der Waals surface area contributed by atoms with Gasteiger partial charge >= 0.3 is 0 Å². The maximum Gasteiger partial charge on any atom is 0.234 e. The van der Waals surface area contributed by atoms with Gasteiger partial charge in [0.25, 0.3) is 0 Å². The SMILES string of the molecule is COc1ccc(-c2nn3c(Cc4ccc(F)cc4)nnc3s2)cc1. The summed E-state index contributed by atoms with van der Waals surface area (Å²) >= 11 is 1.48. The van der Waals surface area contributed by atoms with Gasteiger partial charge in [-0.1, -0.05) is 23.5 Å². The van der Waals surface area contributed by atoms with E-state index in [1.807, 2.05) is 24.3 Å². The number of halogens is 1. The third kappa shape index (κ3) is 2.74. The highest BCUT2D eigenvalue weighted by atomic mass is 32.1. The fourth-order valence-electron chi connectivity index (χ4n) is 2.40. The summed E-state index contributed by atoms with van der Waals surface area (Å²) in [6, 6.07) is 14.1. The molecule has 0 aliphatic carbocycles. The van der Waals surface area contributed by atoms with Gasteiger partial charge in [0.1, 0.15) is 16.6 Å². The first kappa shape index (κ1) is 14.8. The third-order valence-corrected chi connectivity index (χ3v) is 4.62. The van der Waals surface area contributed by atoms with Crippen molar-refractivity contribution in [2.75, 3.05) is 7.11 Å². The number of rotatable bonds is 4. The Morgan fingerprint density at radius 3 is 2.50 bits per heavy atom. The lowest BCUT2D eigenvalue weighted by Crippen LogP contribution is -1.97. The minimum atomic E-state index is -0.249. The third-order valence-electron chi connectivity index (χ3n) is 3.67. The summed E-state index contributed by atoms with van der Waals surface area (Å²) in [5, 5.41) is 13.8. The summed E-state index contributed by atoms with van der Waals surface area (Å²) in [7, 11) is 1.64. The standard InChI is InChI=1S/C17H13FN4OS/c1-23-14-8-4-12(5-9-14)16-21-22-15(19-20-17(22)24-16)10-11-2-6-13(18)7-3-11/h2-9H,10H2,1H3. The molecule has 0 N–H and O–H groups in total. The number of hydrogen-bond acceptors (Lipinski definition) is 5. The van der Waals surface area contributed by atoms with Crippen LogP contribution < -0.4 is 4.74 Å². The number of aromatic nitrogens is 4. The molecule has 4 rings (SSSR count). The number of benzene rings is 2. The molecular formula is C17H13FN4OS. The summed E-state index contributed by atoms with van der Waals surface area (Å²) in [5.74, 6) is 1.28. The maximum absolute atomic E-state index is 13.0. The molecular weight excluding hydrogens is 327 g/mol. The Balaban J connectivity index is 1.66. The molecule has 0 amide bonds. The van der Waals surface area contributed by atoms with Gasteiger partial charge in [-0.25, -0.2) is 4.39 Å². The van der Waals surface area contributed by atoms with Crippen molar-refractivity contribution < 1.29 is 9.13 Å². The molecule has 4 aromatic rings. The van der Waals surface area contributed by atoms with E-state index in [0.717, 1.165) is 32.7 Å². The average molecular weight is 340 g/mol. The smallest absolute Gasteiger partial charge is 0.234 e. The number of nitrogens with zero attached hydrogens (tertiary/aromatic N) is 4. The van der Waals surface area contributed by atoms with E-state index >= 15 is 0 Å². The van der Waals surface area contributed by atoms with Gasteiger partial charge in [0.2, 0.25) is 4.96 Å². The Kier molecular flexibility index (Phi) is 3.70. The van der Waals surface area contributed by atoms with Gasteiger partial charge < -0.3 is 4.74 Å². The first-order valence-corrected chi connectivity index (χ1v) is 8.14. The number of hydrogen-bond donors (Lipinski definition) is 0. The van der Waals surface area contributed by atoms with Crippen molar-refractivity contribution in [3.05, 3.63) is 65.7 Å². The Bertz CT molecular complexity index is 976. The zero-order chi connectivity index (χ0) is 16.5. The molecule has 0 radical (unpaired) electrons. The molecule has 2 aromatic carbocycles. The van der Waals surface area contributed by atoms with E-state index in [1.54, 1.807) is 23.8 Å². The van der Waals surface area contributed by atoms with Crippen molar-refractivity contribution in [1.29, 1.82) is 0 Å². The van der Waals surface area contributed by atoms with Gasteiger partial charge in [-0.3, -0.25) is 0 Å². The average Bonchev–Trinajstić information content (AvgIpc) is 3.19. The quantitative estimate of drug-likeness (QED) is 0.570. The molecule has 0 saturated heterocycles. The van der Waals surface area contributed by atoms with Crippen LogP contribution in [0, 0.1) is 5.82 Å². The van der Waals surface area contributed by atoms with Crippen LogP contribution in [-0.4, -0.2) is 26.9 Å². The van der Waals surface area contributed by atoms with E-state index in [4.69, 9.17) is 4.74 Å². The summed E-state index contributed by atoms with van der Waals surface area (Å²) in [4.78, 5) is 0.734. The molecule has 0 aliphatic heterocycles. The summed E-state index contributed by atoms with van der Waals surface area (Å²) in [5.41, 5.74) is 1.96. The van der Waals surface area contributed by atoms with E-state index in [9.17, 15) is 4.39 Å². The van der Waals surface area contributed by atoms with Crippen LogP contribution in [0.5, 0.6) is 5.75 Å². The summed E-state index contributed by atoms with van der Waals surface area (Å²) in [6.07, 6.45) is 0.549. The molecule has 120 valence electrons. The van der Waals surface area contributed by atoms with E-state index < -0.39 is 0 Å². The second-order valence-electron chi connectivity index (χ2n) is 5.25. The topological polar surface area (TPSA) is 52.3 Å². The van der Waals surface area contributed by atoms with E-state index in [0.29, 0.717) is 6.42 Å². The fraction of sp³-hybridized carbons (Fsp3) is 0.118. The zero-order valence-electron chi connectivity index (χ0n) is 12.8. The Labute approximate surface area is 141 Å². The number of ether oxygens (including phenoxy) is 1. The van der Waals surface area contributed by atoms with Crippen LogP contribution in [0.2, 0.25) is 0 Å². The second-order valence-corrected chi connectivity index (χ2v) is 6.21. The monoisotopic (exact) mass is 340 g/mol. The Morgan fingerprint density at radius 2 is 1.79 bits per heavy atom. The van der Waals surface area contributed by atoms with Crippen molar-refractivity contribution in [2.45, 2.75) is 6.42 Å². The molecule has 0 unspecified atom stereocenters. The summed E-state index contributed by atoms with van der Waals surface area (Å²) in [6.45, 7) is 0. The van der Waals surface area contributed by atoms with Crippen molar-refractivity contribution in [1.82, 2.24) is 19.8 Å². The van der Waals surface area contributed by atoms with Crippen LogP contribution >= 0.6 is 11.3 Å². The molecule has 0 aliphatic rings. The van der Waals surface area contributed by atoms with Gasteiger partial charge in [-0.15, -0.1) is 10.2 Å². The maximum atomic E-state index is 13.0. The predicted molar refractivity (Wildman–Crippen MR) is 89.9 cm³/mol. The molecule has 0 spiro atoms. The molecule has 0 fully saturated rings. The molecule has 0 bridgehead atoms. The Hall–Kier alpha value is -2.80. The highest BCUT2D eigenvalue weighted by molar-refractivity contribution is 7.19. The van der Waals surface area contributed by atoms with Crippen LogP contribution in [0.1, 0.15) is 11.4 Å². The van der Waals surface area contributed by atoms with E-state index in [1.165, 1.54) is 23.5 Å². The molecule has 7 heteroatoms. The molecule has 24 heavy (non-hydrogen) atoms. The molecule has 2 heterocycles. The second kappa shape index (κ2) is 6.01. The molecule has 0 saturated carbocycles. The Morgan fingerprint density at radius 1 is 1.04 bits per heavy atom. The van der Waals surface area contributed by atoms with Crippen molar-refractivity contribution in [2.24, 2.45) is 0 Å². The van der Waals surface area contributed by atoms with Crippen molar-refractivity contribution >= 4 is 16.3 Å². The predicted octanol–water partition coefficient (Wildman–Crippen LogP) is 3.59. The largest absolute Gasteiger partial charge is 0.497 e. The highest BCUT2D eigenvalue weighted by Crippen LogP contribution is 2.27. The van der Waals surface area contributed by atoms with Crippen LogP contribution in [0.3, 0.4) is 0 Å². The van der Waals surface area contributed by atoms with Crippen LogP contribution in [0.15, 0.2) is 48.5 Å². The van der Waals surface area contributed by atoms with E-state index in [2.05, 4.69) is 15.3 Å². The van der Waals surface area contributed by atoms with E-state index in [-0.39, 0.29) is 5.82 Å². The molecule has 5 nitrogen and oxygen atoms in total. The molecule has 0 atom stereocenters. The van der Waals surface area contributed by atoms with Crippen LogP contribution in [-0.2, 0) is 6.42 Å². The highest BCUT2D eigenvalue weighted by Gasteiger charge is 2.13. The normalized spacial score (nSPS) is 11.1. The van der Waals surface area contributed by atoms with Gasteiger partial charge in [-0.2, -0.15) is 9.61 Å². The number of methoxy groups -OCH3 is 1. The van der Waals surface area contributed by atoms with Gasteiger partial charge in [0, 0.05) is 12.0 Å². The zero-order valence-corrected chi connectivity index (χ0v) is 13.6. The minimum Gasteiger partial charge on any atom is -0.497 e. The minimum absolute atomic E-state index is 0.249. The first-order chi connectivity index (χ1) is 11.7. The lowest BCUT2D eigenvalue weighted by molar-refractivity contribution is 0.415. The van der Waals surface area contributed by atoms with Gasteiger partial charge in [0.15, 0.2) is 5.82 Å². The lowest BCUT2D eigenvalue weighted by atomic mass is 10.1. The van der Waals surface area contributed by atoms with Crippen molar-refractivity contribution in [3.63, 3.8) is 0 Å². The fourth-order valence-corrected chi connectivity index (χ4v) is 3.27. The van der Waals surface area contributed by atoms with Gasteiger partial charge in [-0.05, 0) is 42.0 Å².